The predicted octanol–water partition coefficient (Wildman–Crippen LogP) is 4.73. The number of fused-ring (bicyclic) bond motifs is 1. The fourth-order valence-corrected chi connectivity index (χ4v) is 2.76. The minimum absolute atomic E-state index is 0.503. The van der Waals surface area contributed by atoms with E-state index in [-0.39, 0.29) is 0 Å². The first kappa shape index (κ1) is 15.7. The van der Waals surface area contributed by atoms with Crippen molar-refractivity contribution < 1.29 is 0 Å². The molecule has 122 valence electrons. The molecular weight excluding hydrogens is 357 g/mol. The number of aromatic nitrogens is 2. The summed E-state index contributed by atoms with van der Waals surface area (Å²) in [4.78, 5) is 17.6. The molecule has 0 spiro atoms. The van der Waals surface area contributed by atoms with Crippen LogP contribution >= 0.6 is 23.2 Å². The van der Waals surface area contributed by atoms with Crippen LogP contribution in [0.2, 0.25) is 10.0 Å². The van der Waals surface area contributed by atoms with Gasteiger partial charge in [0.2, 0.25) is 0 Å². The van der Waals surface area contributed by atoms with Gasteiger partial charge in [0.05, 0.1) is 0 Å². The fourth-order valence-electron chi connectivity index (χ4n) is 2.45. The van der Waals surface area contributed by atoms with Crippen LogP contribution in [-0.4, -0.2) is 21.6 Å². The normalized spacial score (nSPS) is 14.3. The summed E-state index contributed by atoms with van der Waals surface area (Å²) < 4.78 is 0. The molecule has 4 rings (SSSR count). The molecule has 7 heteroatoms. The van der Waals surface area contributed by atoms with Crippen LogP contribution in [0.3, 0.4) is 0 Å². The topological polar surface area (TPSA) is 62.5 Å². The highest BCUT2D eigenvalue weighted by molar-refractivity contribution is 6.31. The van der Waals surface area contributed by atoms with E-state index in [1.807, 2.05) is 24.3 Å². The lowest BCUT2D eigenvalue weighted by atomic mass is 10.1. The lowest BCUT2D eigenvalue weighted by Crippen LogP contribution is -2.12. The van der Waals surface area contributed by atoms with Crippen LogP contribution in [-0.2, 0) is 0 Å². The summed E-state index contributed by atoms with van der Waals surface area (Å²) >= 11 is 12.0. The first-order chi connectivity index (χ1) is 12.2. The molecular formula is C18H11Cl2N5. The molecule has 0 atom stereocenters. The van der Waals surface area contributed by atoms with Gasteiger partial charge in [0.25, 0.3) is 0 Å². The Morgan fingerprint density at radius 2 is 1.56 bits per heavy atom. The zero-order valence-corrected chi connectivity index (χ0v) is 14.3. The summed E-state index contributed by atoms with van der Waals surface area (Å²) in [7, 11) is 0. The van der Waals surface area contributed by atoms with Gasteiger partial charge in [-0.2, -0.15) is 0 Å². The van der Waals surface area contributed by atoms with Gasteiger partial charge in [-0.3, -0.25) is 0 Å². The third kappa shape index (κ3) is 3.38. The molecule has 0 radical (unpaired) electrons. The van der Waals surface area contributed by atoms with Crippen molar-refractivity contribution in [3.63, 3.8) is 0 Å². The van der Waals surface area contributed by atoms with Crippen molar-refractivity contribution in [2.24, 2.45) is 9.98 Å². The van der Waals surface area contributed by atoms with Crippen molar-refractivity contribution in [3.8, 4) is 0 Å². The number of hydrogen-bond acceptors (Lipinski definition) is 4. The van der Waals surface area contributed by atoms with Crippen LogP contribution in [0.25, 0.3) is 0 Å². The van der Waals surface area contributed by atoms with Crippen LogP contribution in [0.1, 0.15) is 11.1 Å². The molecule has 0 saturated carbocycles. The van der Waals surface area contributed by atoms with Crippen LogP contribution in [0.15, 0.2) is 70.9 Å². The van der Waals surface area contributed by atoms with Crippen molar-refractivity contribution >= 4 is 46.5 Å². The van der Waals surface area contributed by atoms with E-state index in [0.29, 0.717) is 33.4 Å². The molecule has 3 heterocycles. The van der Waals surface area contributed by atoms with Crippen LogP contribution < -0.4 is 5.32 Å². The Bertz CT molecular complexity index is 1010. The van der Waals surface area contributed by atoms with Gasteiger partial charge in [0.15, 0.2) is 11.7 Å². The Kier molecular flexibility index (Phi) is 4.17. The summed E-state index contributed by atoms with van der Waals surface area (Å²) in [6.45, 7) is 0. The number of rotatable bonds is 2. The first-order valence-electron chi connectivity index (χ1n) is 7.46. The number of pyridine rings is 2. The number of anilines is 1. The van der Waals surface area contributed by atoms with Crippen LogP contribution in [0, 0.1) is 0 Å². The van der Waals surface area contributed by atoms with E-state index in [1.54, 1.807) is 36.7 Å². The fraction of sp³-hybridized carbons (Fsp3) is 0. The number of benzene rings is 1. The van der Waals surface area contributed by atoms with Crippen molar-refractivity contribution in [2.45, 2.75) is 0 Å². The predicted molar refractivity (Wildman–Crippen MR) is 101 cm³/mol. The molecule has 0 unspecified atom stereocenters. The van der Waals surface area contributed by atoms with Crippen molar-refractivity contribution in [1.82, 2.24) is 9.97 Å². The quantitative estimate of drug-likeness (QED) is 0.711. The molecule has 1 aromatic carbocycles. The van der Waals surface area contributed by atoms with Gasteiger partial charge in [-0.15, -0.1) is 0 Å². The molecule has 0 aliphatic carbocycles. The lowest BCUT2D eigenvalue weighted by Gasteiger charge is -2.06. The maximum Gasteiger partial charge on any atom is 0.164 e. The summed E-state index contributed by atoms with van der Waals surface area (Å²) in [5.41, 5.74) is 1.85. The smallest absolute Gasteiger partial charge is 0.164 e. The SMILES string of the molecule is Clc1ccnc(N=C2N=C(Nc3cc(Cl)ccn3)c3ccccc32)c1. The Labute approximate surface area is 154 Å². The first-order valence-corrected chi connectivity index (χ1v) is 8.22. The third-order valence-corrected chi connectivity index (χ3v) is 4.01. The summed E-state index contributed by atoms with van der Waals surface area (Å²) in [5.74, 6) is 2.34. The second-order valence-electron chi connectivity index (χ2n) is 5.26. The minimum Gasteiger partial charge on any atom is -0.324 e. The molecule has 0 bridgehead atoms. The van der Waals surface area contributed by atoms with E-state index in [0.717, 1.165) is 11.1 Å². The number of hydrogen-bond donors (Lipinski definition) is 1. The largest absolute Gasteiger partial charge is 0.324 e. The standard InChI is InChI=1S/C18H11Cl2N5/c19-11-5-7-21-15(9-11)23-17-13-3-1-2-4-14(13)18(25-17)24-16-10-12(20)6-8-22-16/h1-10H,(H,21,22,23,24,25). The van der Waals surface area contributed by atoms with Crippen molar-refractivity contribution in [3.05, 3.63) is 82.1 Å². The van der Waals surface area contributed by atoms with Gasteiger partial charge < -0.3 is 5.32 Å². The minimum atomic E-state index is 0.503. The average molecular weight is 368 g/mol. The van der Waals surface area contributed by atoms with Gasteiger partial charge in [0.1, 0.15) is 11.7 Å². The van der Waals surface area contributed by atoms with E-state index in [9.17, 15) is 0 Å². The van der Waals surface area contributed by atoms with Gasteiger partial charge in [-0.1, -0.05) is 47.5 Å². The zero-order chi connectivity index (χ0) is 17.2. The maximum absolute atomic E-state index is 6.02. The summed E-state index contributed by atoms with van der Waals surface area (Å²) in [6.07, 6.45) is 3.25. The monoisotopic (exact) mass is 367 g/mol. The van der Waals surface area contributed by atoms with Crippen molar-refractivity contribution in [2.75, 3.05) is 5.32 Å². The highest BCUT2D eigenvalue weighted by Gasteiger charge is 2.21. The highest BCUT2D eigenvalue weighted by atomic mass is 35.5. The van der Waals surface area contributed by atoms with E-state index >= 15 is 0 Å². The maximum atomic E-state index is 6.02. The van der Waals surface area contributed by atoms with Crippen molar-refractivity contribution in [1.29, 1.82) is 0 Å². The number of halogens is 2. The van der Waals surface area contributed by atoms with E-state index in [4.69, 9.17) is 23.2 Å². The Morgan fingerprint density at radius 3 is 2.32 bits per heavy atom. The molecule has 0 amide bonds. The second kappa shape index (κ2) is 6.63. The molecule has 0 saturated heterocycles. The molecule has 25 heavy (non-hydrogen) atoms. The molecule has 1 N–H and O–H groups in total. The molecule has 5 nitrogen and oxygen atoms in total. The Morgan fingerprint density at radius 1 is 0.840 bits per heavy atom. The zero-order valence-electron chi connectivity index (χ0n) is 12.8. The molecule has 2 aromatic heterocycles. The molecule has 0 fully saturated rings. The molecule has 3 aromatic rings. The molecule has 1 aliphatic heterocycles. The van der Waals surface area contributed by atoms with Gasteiger partial charge >= 0.3 is 0 Å². The number of aliphatic imine (C=N–C) groups is 2. The Hall–Kier alpha value is -2.76. The van der Waals surface area contributed by atoms with Crippen LogP contribution in [0.5, 0.6) is 0 Å². The summed E-state index contributed by atoms with van der Waals surface area (Å²) in [5, 5.41) is 4.37. The number of nitrogens with one attached hydrogen (secondary N) is 1. The van der Waals surface area contributed by atoms with Gasteiger partial charge in [-0.05, 0) is 18.2 Å². The Balaban J connectivity index is 1.75. The van der Waals surface area contributed by atoms with E-state index in [1.165, 1.54) is 0 Å². The average Bonchev–Trinajstić information content (AvgIpc) is 2.93. The number of nitrogens with zero attached hydrogens (tertiary/aromatic N) is 4. The third-order valence-electron chi connectivity index (χ3n) is 3.54. The molecule has 1 aliphatic rings. The lowest BCUT2D eigenvalue weighted by molar-refractivity contribution is 1.27. The summed E-state index contributed by atoms with van der Waals surface area (Å²) in [6, 6.07) is 14.7. The highest BCUT2D eigenvalue weighted by Crippen LogP contribution is 2.24. The van der Waals surface area contributed by atoms with Crippen LogP contribution in [0.4, 0.5) is 11.6 Å². The van der Waals surface area contributed by atoms with Gasteiger partial charge in [0, 0.05) is 39.6 Å². The van der Waals surface area contributed by atoms with E-state index in [2.05, 4.69) is 25.3 Å². The second-order valence-corrected chi connectivity index (χ2v) is 6.13. The van der Waals surface area contributed by atoms with Gasteiger partial charge in [-0.25, -0.2) is 20.0 Å². The number of amidine groups is 2. The van der Waals surface area contributed by atoms with E-state index < -0.39 is 0 Å².